The lowest BCUT2D eigenvalue weighted by Gasteiger charge is -2.35. The number of anilines is 1. The summed E-state index contributed by atoms with van der Waals surface area (Å²) in [6, 6.07) is 10.9. The number of rotatable bonds is 6. The van der Waals surface area contributed by atoms with Gasteiger partial charge in [0.2, 0.25) is 0 Å². The zero-order valence-electron chi connectivity index (χ0n) is 18.1. The molecule has 1 aliphatic heterocycles. The van der Waals surface area contributed by atoms with E-state index in [2.05, 4.69) is 25.1 Å². The van der Waals surface area contributed by atoms with Crippen LogP contribution in [0.1, 0.15) is 16.1 Å². The minimum atomic E-state index is -4.48. The molecule has 7 nitrogen and oxygen atoms in total. The van der Waals surface area contributed by atoms with Crippen molar-refractivity contribution in [3.8, 4) is 5.75 Å². The SMILES string of the molecule is COc1cccc(C(=O)NCCN2CCN(c3nccc4nc(C(F)(F)F)ccc34)CC2)c1. The Morgan fingerprint density at radius 3 is 2.64 bits per heavy atom. The van der Waals surface area contributed by atoms with Crippen molar-refractivity contribution in [2.75, 3.05) is 51.3 Å². The molecule has 1 amide bonds. The molecule has 33 heavy (non-hydrogen) atoms. The lowest BCUT2D eigenvalue weighted by atomic mass is 10.2. The van der Waals surface area contributed by atoms with Crippen LogP contribution in [0, 0.1) is 0 Å². The molecule has 1 fully saturated rings. The summed E-state index contributed by atoms with van der Waals surface area (Å²) in [5.74, 6) is 1.11. The number of hydrogen-bond donors (Lipinski definition) is 1. The maximum atomic E-state index is 13.0. The number of ether oxygens (including phenoxy) is 1. The van der Waals surface area contributed by atoms with Gasteiger partial charge in [0.05, 0.1) is 12.6 Å². The molecule has 1 saturated heterocycles. The highest BCUT2D eigenvalue weighted by molar-refractivity contribution is 5.94. The molecule has 1 aliphatic rings. The minimum absolute atomic E-state index is 0.154. The number of piperazine rings is 1. The fourth-order valence-electron chi connectivity index (χ4n) is 3.83. The summed E-state index contributed by atoms with van der Waals surface area (Å²) in [6.45, 7) is 4.06. The zero-order valence-corrected chi connectivity index (χ0v) is 18.1. The van der Waals surface area contributed by atoms with E-state index in [1.54, 1.807) is 31.4 Å². The second-order valence-electron chi connectivity index (χ2n) is 7.71. The average Bonchev–Trinajstić information content (AvgIpc) is 2.83. The number of nitrogens with one attached hydrogen (secondary N) is 1. The number of alkyl halides is 3. The van der Waals surface area contributed by atoms with Crippen molar-refractivity contribution >= 4 is 22.6 Å². The van der Waals surface area contributed by atoms with Crippen LogP contribution < -0.4 is 15.0 Å². The van der Waals surface area contributed by atoms with Crippen LogP contribution in [-0.4, -0.2) is 67.2 Å². The van der Waals surface area contributed by atoms with Gasteiger partial charge in [0.1, 0.15) is 17.3 Å². The molecule has 0 radical (unpaired) electrons. The Bertz CT molecular complexity index is 1130. The molecule has 0 saturated carbocycles. The Hall–Kier alpha value is -3.40. The van der Waals surface area contributed by atoms with E-state index < -0.39 is 11.9 Å². The Labute approximate surface area is 189 Å². The largest absolute Gasteiger partial charge is 0.497 e. The number of pyridine rings is 2. The third-order valence-corrected chi connectivity index (χ3v) is 5.60. The number of benzene rings is 1. The van der Waals surface area contributed by atoms with Crippen molar-refractivity contribution in [1.82, 2.24) is 20.2 Å². The van der Waals surface area contributed by atoms with Gasteiger partial charge in [-0.1, -0.05) is 6.07 Å². The zero-order chi connectivity index (χ0) is 23.4. The Kier molecular flexibility index (Phi) is 6.64. The van der Waals surface area contributed by atoms with Gasteiger partial charge in [-0.3, -0.25) is 9.69 Å². The molecule has 0 spiro atoms. The second-order valence-corrected chi connectivity index (χ2v) is 7.71. The van der Waals surface area contributed by atoms with E-state index in [9.17, 15) is 18.0 Å². The number of nitrogens with zero attached hydrogens (tertiary/aromatic N) is 4. The first-order valence-corrected chi connectivity index (χ1v) is 10.6. The van der Waals surface area contributed by atoms with Gasteiger partial charge in [-0.05, 0) is 36.4 Å². The summed E-state index contributed by atoms with van der Waals surface area (Å²) in [5.41, 5.74) is -0.0889. The predicted octanol–water partition coefficient (Wildman–Crippen LogP) is 3.21. The third-order valence-electron chi connectivity index (χ3n) is 5.60. The molecule has 174 valence electrons. The lowest BCUT2D eigenvalue weighted by molar-refractivity contribution is -0.140. The van der Waals surface area contributed by atoms with Crippen LogP contribution >= 0.6 is 0 Å². The second kappa shape index (κ2) is 9.62. The highest BCUT2D eigenvalue weighted by Crippen LogP contribution is 2.31. The van der Waals surface area contributed by atoms with E-state index >= 15 is 0 Å². The Morgan fingerprint density at radius 1 is 1.12 bits per heavy atom. The Balaban J connectivity index is 1.32. The maximum absolute atomic E-state index is 13.0. The molecule has 0 bridgehead atoms. The first kappa shape index (κ1) is 22.8. The summed E-state index contributed by atoms with van der Waals surface area (Å²) < 4.78 is 44.1. The molecule has 1 N–H and O–H groups in total. The summed E-state index contributed by atoms with van der Waals surface area (Å²) in [7, 11) is 1.56. The molecule has 3 heterocycles. The van der Waals surface area contributed by atoms with Gasteiger partial charge in [-0.15, -0.1) is 0 Å². The van der Waals surface area contributed by atoms with E-state index in [0.29, 0.717) is 48.7 Å². The molecule has 3 aromatic rings. The molecular formula is C23H24F3N5O2. The standard InChI is InChI=1S/C23H24F3N5O2/c1-33-17-4-2-3-16(15-17)22(32)28-9-10-30-11-13-31(14-12-30)21-18-5-6-20(23(24,25)26)29-19(18)7-8-27-21/h2-8,15H,9-14H2,1H3,(H,28,32). The number of aromatic nitrogens is 2. The predicted molar refractivity (Wildman–Crippen MR) is 119 cm³/mol. The molecule has 10 heteroatoms. The van der Waals surface area contributed by atoms with Crippen molar-refractivity contribution in [3.05, 3.63) is 59.9 Å². The summed E-state index contributed by atoms with van der Waals surface area (Å²) in [5, 5.41) is 3.52. The van der Waals surface area contributed by atoms with Crippen molar-refractivity contribution in [2.24, 2.45) is 0 Å². The van der Waals surface area contributed by atoms with E-state index in [0.717, 1.165) is 19.2 Å². The van der Waals surface area contributed by atoms with Gasteiger partial charge in [-0.2, -0.15) is 13.2 Å². The average molecular weight is 459 g/mol. The molecular weight excluding hydrogens is 435 g/mol. The van der Waals surface area contributed by atoms with Crippen molar-refractivity contribution < 1.29 is 22.7 Å². The molecule has 2 aromatic heterocycles. The molecule has 0 unspecified atom stereocenters. The number of fused-ring (bicyclic) bond motifs is 1. The topological polar surface area (TPSA) is 70.6 Å². The summed E-state index contributed by atoms with van der Waals surface area (Å²) in [6.07, 6.45) is -2.99. The van der Waals surface area contributed by atoms with Gasteiger partial charge in [-0.25, -0.2) is 9.97 Å². The van der Waals surface area contributed by atoms with Crippen molar-refractivity contribution in [1.29, 1.82) is 0 Å². The van der Waals surface area contributed by atoms with Crippen LogP contribution in [-0.2, 0) is 6.18 Å². The number of hydrogen-bond acceptors (Lipinski definition) is 6. The molecule has 0 atom stereocenters. The van der Waals surface area contributed by atoms with E-state index in [1.807, 2.05) is 0 Å². The van der Waals surface area contributed by atoms with E-state index in [1.165, 1.54) is 18.3 Å². The fourth-order valence-corrected chi connectivity index (χ4v) is 3.83. The minimum Gasteiger partial charge on any atom is -0.497 e. The summed E-state index contributed by atoms with van der Waals surface area (Å²) >= 11 is 0. The quantitative estimate of drug-likeness (QED) is 0.611. The Morgan fingerprint density at radius 2 is 1.91 bits per heavy atom. The van der Waals surface area contributed by atoms with E-state index in [4.69, 9.17) is 4.74 Å². The maximum Gasteiger partial charge on any atom is 0.433 e. The van der Waals surface area contributed by atoms with Crippen LogP contribution in [0.3, 0.4) is 0 Å². The number of carbonyl (C=O) groups is 1. The van der Waals surface area contributed by atoms with Crippen molar-refractivity contribution in [3.63, 3.8) is 0 Å². The van der Waals surface area contributed by atoms with Crippen LogP contribution in [0.25, 0.3) is 10.9 Å². The number of halogens is 3. The fraction of sp³-hybridized carbons (Fsp3) is 0.348. The first-order chi connectivity index (χ1) is 15.8. The van der Waals surface area contributed by atoms with E-state index in [-0.39, 0.29) is 11.4 Å². The van der Waals surface area contributed by atoms with Gasteiger partial charge in [0.15, 0.2) is 0 Å². The van der Waals surface area contributed by atoms with Gasteiger partial charge in [0.25, 0.3) is 5.91 Å². The third kappa shape index (κ3) is 5.33. The van der Waals surface area contributed by atoms with Crippen LogP contribution in [0.5, 0.6) is 5.75 Å². The normalized spacial score (nSPS) is 15.0. The van der Waals surface area contributed by atoms with Gasteiger partial charge < -0.3 is 15.0 Å². The first-order valence-electron chi connectivity index (χ1n) is 10.6. The number of carbonyl (C=O) groups excluding carboxylic acids is 1. The smallest absolute Gasteiger partial charge is 0.433 e. The number of methoxy groups -OCH3 is 1. The highest BCUT2D eigenvalue weighted by Gasteiger charge is 2.32. The highest BCUT2D eigenvalue weighted by atomic mass is 19.4. The van der Waals surface area contributed by atoms with Crippen LogP contribution in [0.15, 0.2) is 48.7 Å². The van der Waals surface area contributed by atoms with Gasteiger partial charge in [0, 0.05) is 56.4 Å². The molecule has 1 aromatic carbocycles. The molecule has 0 aliphatic carbocycles. The van der Waals surface area contributed by atoms with Crippen LogP contribution in [0.4, 0.5) is 19.0 Å². The number of amides is 1. The van der Waals surface area contributed by atoms with Crippen LogP contribution in [0.2, 0.25) is 0 Å². The van der Waals surface area contributed by atoms with Crippen molar-refractivity contribution in [2.45, 2.75) is 6.18 Å². The monoisotopic (exact) mass is 459 g/mol. The van der Waals surface area contributed by atoms with Gasteiger partial charge >= 0.3 is 6.18 Å². The molecule has 4 rings (SSSR count). The lowest BCUT2D eigenvalue weighted by Crippen LogP contribution is -2.48. The summed E-state index contributed by atoms with van der Waals surface area (Å²) in [4.78, 5) is 24.8.